The molecule has 174 valence electrons. The first kappa shape index (κ1) is 23.5. The van der Waals surface area contributed by atoms with Crippen LogP contribution in [0.2, 0.25) is 0 Å². The number of ketones is 1. The normalized spacial score (nSPS) is 14.8. The van der Waals surface area contributed by atoms with E-state index in [1.807, 2.05) is 0 Å². The minimum atomic E-state index is -4.87. The van der Waals surface area contributed by atoms with Crippen molar-refractivity contribution in [2.75, 3.05) is 5.75 Å². The first-order valence-electron chi connectivity index (χ1n) is 10.2. The Morgan fingerprint density at radius 2 is 2.00 bits per heavy atom. The Morgan fingerprint density at radius 3 is 2.70 bits per heavy atom. The van der Waals surface area contributed by atoms with Crippen molar-refractivity contribution in [3.63, 3.8) is 0 Å². The monoisotopic (exact) mass is 495 g/mol. The van der Waals surface area contributed by atoms with Crippen molar-refractivity contribution < 1.29 is 27.5 Å². The number of fused-ring (bicyclic) bond motifs is 1. The van der Waals surface area contributed by atoms with Crippen molar-refractivity contribution in [1.82, 2.24) is 15.3 Å². The minimum Gasteiger partial charge on any atom is -0.405 e. The maximum Gasteiger partial charge on any atom is 0.573 e. The molecule has 1 unspecified atom stereocenters. The second kappa shape index (κ2) is 9.30. The molecule has 1 atom stereocenters. The molecule has 1 aliphatic carbocycles. The number of thioether (sulfide) groups is 1. The van der Waals surface area contributed by atoms with Crippen molar-refractivity contribution in [2.24, 2.45) is 0 Å². The van der Waals surface area contributed by atoms with Crippen LogP contribution in [0, 0.1) is 6.92 Å². The number of ether oxygens (including phenoxy) is 1. The van der Waals surface area contributed by atoms with E-state index in [-0.39, 0.29) is 39.8 Å². The van der Waals surface area contributed by atoms with E-state index < -0.39 is 12.1 Å². The Hall–Kier alpha value is -2.66. The number of amides is 1. The standard InChI is InChI=1S/C22H20F3N3O3S2/c1-11(20(30)28-13-6-7-13)17-8-9-18(33-17)15(29)10-32-21-19-14(26-12(2)27-21)4-3-5-16(19)31-22(23,24)25/h3-5,8-9,11,13H,6-7,10H2,1-2H3,(H,28,30). The Morgan fingerprint density at radius 1 is 1.24 bits per heavy atom. The Labute approximate surface area is 195 Å². The summed E-state index contributed by atoms with van der Waals surface area (Å²) in [7, 11) is 0. The van der Waals surface area contributed by atoms with E-state index in [1.54, 1.807) is 32.0 Å². The lowest BCUT2D eigenvalue weighted by Gasteiger charge is -2.13. The quantitative estimate of drug-likeness (QED) is 0.261. The molecule has 33 heavy (non-hydrogen) atoms. The van der Waals surface area contributed by atoms with Gasteiger partial charge in [0.25, 0.3) is 0 Å². The average molecular weight is 496 g/mol. The van der Waals surface area contributed by atoms with Crippen LogP contribution in [0.5, 0.6) is 5.75 Å². The van der Waals surface area contributed by atoms with Gasteiger partial charge in [0.1, 0.15) is 16.6 Å². The van der Waals surface area contributed by atoms with Crippen LogP contribution < -0.4 is 10.1 Å². The van der Waals surface area contributed by atoms with Gasteiger partial charge in [-0.15, -0.1) is 24.5 Å². The summed E-state index contributed by atoms with van der Waals surface area (Å²) in [4.78, 5) is 34.7. The van der Waals surface area contributed by atoms with E-state index in [9.17, 15) is 22.8 Å². The summed E-state index contributed by atoms with van der Waals surface area (Å²) in [6.07, 6.45) is -2.87. The van der Waals surface area contributed by atoms with Gasteiger partial charge >= 0.3 is 6.36 Å². The molecule has 1 saturated carbocycles. The Kier molecular flexibility index (Phi) is 6.62. The van der Waals surface area contributed by atoms with Gasteiger partial charge in [0.05, 0.1) is 27.5 Å². The zero-order chi connectivity index (χ0) is 23.8. The minimum absolute atomic E-state index is 0.0332. The highest BCUT2D eigenvalue weighted by atomic mass is 32.2. The van der Waals surface area contributed by atoms with E-state index in [4.69, 9.17) is 0 Å². The zero-order valence-corrected chi connectivity index (χ0v) is 19.4. The largest absolute Gasteiger partial charge is 0.573 e. The molecule has 0 bridgehead atoms. The summed E-state index contributed by atoms with van der Waals surface area (Å²) in [5.74, 6) is -0.702. The van der Waals surface area contributed by atoms with Crippen LogP contribution in [-0.4, -0.2) is 39.8 Å². The maximum absolute atomic E-state index is 12.9. The fourth-order valence-electron chi connectivity index (χ4n) is 3.17. The van der Waals surface area contributed by atoms with Crippen LogP contribution in [-0.2, 0) is 4.79 Å². The number of carbonyl (C=O) groups is 2. The van der Waals surface area contributed by atoms with Crippen molar-refractivity contribution in [1.29, 1.82) is 0 Å². The molecule has 0 spiro atoms. The number of rotatable bonds is 8. The third-order valence-electron chi connectivity index (χ3n) is 4.97. The second-order valence-corrected chi connectivity index (χ2v) is 9.77. The number of carbonyl (C=O) groups excluding carboxylic acids is 2. The molecule has 0 saturated heterocycles. The van der Waals surface area contributed by atoms with E-state index in [0.29, 0.717) is 16.2 Å². The molecule has 1 aromatic carbocycles. The molecular weight excluding hydrogens is 475 g/mol. The van der Waals surface area contributed by atoms with Crippen LogP contribution >= 0.6 is 23.1 Å². The van der Waals surface area contributed by atoms with Crippen molar-refractivity contribution >= 4 is 45.7 Å². The van der Waals surface area contributed by atoms with E-state index in [2.05, 4.69) is 20.0 Å². The number of thiophene rings is 1. The predicted molar refractivity (Wildman–Crippen MR) is 120 cm³/mol. The second-order valence-electron chi connectivity index (χ2n) is 7.69. The van der Waals surface area contributed by atoms with E-state index in [1.165, 1.54) is 23.5 Å². The highest BCUT2D eigenvalue weighted by Crippen LogP contribution is 2.36. The molecular formula is C22H20F3N3O3S2. The fraction of sp³-hybridized carbons (Fsp3) is 0.364. The molecule has 6 nitrogen and oxygen atoms in total. The van der Waals surface area contributed by atoms with Crippen LogP contribution in [0.4, 0.5) is 13.2 Å². The molecule has 3 aromatic rings. The summed E-state index contributed by atoms with van der Waals surface area (Å²) >= 11 is 2.28. The van der Waals surface area contributed by atoms with Crippen LogP contribution in [0.1, 0.15) is 46.1 Å². The smallest absolute Gasteiger partial charge is 0.405 e. The van der Waals surface area contributed by atoms with Crippen molar-refractivity contribution in [3.8, 4) is 5.75 Å². The molecule has 0 aliphatic heterocycles. The first-order chi connectivity index (χ1) is 15.6. The van der Waals surface area contributed by atoms with Gasteiger partial charge in [-0.1, -0.05) is 17.8 Å². The summed E-state index contributed by atoms with van der Waals surface area (Å²) in [6.45, 7) is 3.42. The number of nitrogens with zero attached hydrogens (tertiary/aromatic N) is 2. The Bertz CT molecular complexity index is 1210. The van der Waals surface area contributed by atoms with Crippen LogP contribution in [0.15, 0.2) is 35.4 Å². The number of aromatic nitrogens is 2. The van der Waals surface area contributed by atoms with Gasteiger partial charge in [-0.2, -0.15) is 0 Å². The third kappa shape index (κ3) is 5.83. The van der Waals surface area contributed by atoms with Crippen molar-refractivity contribution in [3.05, 3.63) is 45.9 Å². The fourth-order valence-corrected chi connectivity index (χ4v) is 5.22. The van der Waals surface area contributed by atoms with Gasteiger partial charge < -0.3 is 10.1 Å². The lowest BCUT2D eigenvalue weighted by atomic mass is 10.1. The lowest BCUT2D eigenvalue weighted by Crippen LogP contribution is -2.29. The summed E-state index contributed by atoms with van der Waals surface area (Å²) < 4.78 is 42.7. The molecule has 0 radical (unpaired) electrons. The van der Waals surface area contributed by atoms with Crippen LogP contribution in [0.3, 0.4) is 0 Å². The number of hydrogen-bond donors (Lipinski definition) is 1. The molecule has 1 fully saturated rings. The van der Waals surface area contributed by atoms with Gasteiger partial charge in [-0.25, -0.2) is 9.97 Å². The molecule has 1 aliphatic rings. The highest BCUT2D eigenvalue weighted by molar-refractivity contribution is 8.00. The molecule has 1 N–H and O–H groups in total. The number of aryl methyl sites for hydroxylation is 1. The number of benzene rings is 1. The van der Waals surface area contributed by atoms with Gasteiger partial charge in [0.15, 0.2) is 5.78 Å². The highest BCUT2D eigenvalue weighted by Gasteiger charge is 2.32. The first-order valence-corrected chi connectivity index (χ1v) is 12.0. The summed E-state index contributed by atoms with van der Waals surface area (Å²) in [5, 5.41) is 3.30. The third-order valence-corrected chi connectivity index (χ3v) is 7.26. The molecule has 4 rings (SSSR count). The lowest BCUT2D eigenvalue weighted by molar-refractivity contribution is -0.274. The molecule has 2 heterocycles. The number of hydrogen-bond acceptors (Lipinski definition) is 7. The van der Waals surface area contributed by atoms with Gasteiger partial charge in [-0.3, -0.25) is 9.59 Å². The van der Waals surface area contributed by atoms with Gasteiger partial charge in [0.2, 0.25) is 5.91 Å². The number of nitrogens with one attached hydrogen (secondary N) is 1. The van der Waals surface area contributed by atoms with Crippen LogP contribution in [0.25, 0.3) is 10.9 Å². The maximum atomic E-state index is 12.9. The summed E-state index contributed by atoms with van der Waals surface area (Å²) in [5.41, 5.74) is 0.299. The van der Waals surface area contributed by atoms with E-state index >= 15 is 0 Å². The molecule has 11 heteroatoms. The molecule has 1 amide bonds. The van der Waals surface area contributed by atoms with Gasteiger partial charge in [0, 0.05) is 10.9 Å². The summed E-state index contributed by atoms with van der Waals surface area (Å²) in [6, 6.07) is 7.88. The van der Waals surface area contributed by atoms with E-state index in [0.717, 1.165) is 29.5 Å². The molecule has 2 aromatic heterocycles. The van der Waals surface area contributed by atoms with Gasteiger partial charge in [-0.05, 0) is 51.0 Å². The number of alkyl halides is 3. The van der Waals surface area contributed by atoms with Crippen molar-refractivity contribution in [2.45, 2.75) is 50.0 Å². The predicted octanol–water partition coefficient (Wildman–Crippen LogP) is 5.26. The number of Topliss-reactive ketones (excluding diaryl/α,β-unsaturated/α-hetero) is 1. The Balaban J connectivity index is 1.51. The topological polar surface area (TPSA) is 81.2 Å². The average Bonchev–Trinajstić information content (AvgIpc) is 3.41. The SMILES string of the molecule is Cc1nc(SCC(=O)c2ccc(C(C)C(=O)NC3CC3)s2)c2c(OC(F)(F)F)cccc2n1. The zero-order valence-electron chi connectivity index (χ0n) is 17.7. The number of halogens is 3.